The molecule has 0 atom stereocenters. The number of benzene rings is 3. The van der Waals surface area contributed by atoms with E-state index in [9.17, 15) is 4.79 Å². The van der Waals surface area contributed by atoms with Crippen LogP contribution in [0.5, 0.6) is 0 Å². The predicted octanol–water partition coefficient (Wildman–Crippen LogP) is 4.12. The lowest BCUT2D eigenvalue weighted by Gasteiger charge is -2.22. The number of amides is 1. The highest BCUT2D eigenvalue weighted by Crippen LogP contribution is 2.19. The molecule has 0 spiro atoms. The van der Waals surface area contributed by atoms with Crippen molar-refractivity contribution in [3.8, 4) is 0 Å². The topological polar surface area (TPSA) is 47.9 Å². The van der Waals surface area contributed by atoms with Gasteiger partial charge >= 0.3 is 0 Å². The maximum atomic E-state index is 12.1. The number of fused-ring (bicyclic) bond motifs is 1. The third kappa shape index (κ3) is 6.76. The van der Waals surface area contributed by atoms with Gasteiger partial charge in [0.1, 0.15) is 0 Å². The van der Waals surface area contributed by atoms with E-state index in [1.165, 1.54) is 16.3 Å². The molecule has 0 saturated carbocycles. The first kappa shape index (κ1) is 22.2. The number of hydrogen-bond acceptors (Lipinski definition) is 4. The van der Waals surface area contributed by atoms with Crippen molar-refractivity contribution in [2.24, 2.45) is 5.10 Å². The number of rotatable bonds is 9. The lowest BCUT2D eigenvalue weighted by Crippen LogP contribution is -2.37. The number of nitrogens with zero attached hydrogens (tertiary/aromatic N) is 3. The Morgan fingerprint density at radius 1 is 0.967 bits per heavy atom. The van der Waals surface area contributed by atoms with Gasteiger partial charge < -0.3 is 4.90 Å². The summed E-state index contributed by atoms with van der Waals surface area (Å²) in [6.07, 6.45) is 1.64. The van der Waals surface area contributed by atoms with Crippen LogP contribution in [0.2, 0.25) is 0 Å². The maximum Gasteiger partial charge on any atom is 0.254 e. The van der Waals surface area contributed by atoms with Crippen LogP contribution in [0.3, 0.4) is 0 Å². The van der Waals surface area contributed by atoms with Crippen molar-refractivity contribution in [2.75, 3.05) is 33.7 Å². The van der Waals surface area contributed by atoms with E-state index in [-0.39, 0.29) is 5.91 Å². The van der Waals surface area contributed by atoms with E-state index < -0.39 is 0 Å². The number of hydrogen-bond donors (Lipinski definition) is 1. The van der Waals surface area contributed by atoms with Crippen LogP contribution in [-0.2, 0) is 11.3 Å². The molecule has 0 unspecified atom stereocenters. The molecular weight excluding hydrogens is 440 g/mol. The smallest absolute Gasteiger partial charge is 0.254 e. The van der Waals surface area contributed by atoms with Crippen LogP contribution < -0.4 is 5.43 Å². The molecule has 1 amide bonds. The van der Waals surface area contributed by atoms with Crippen LogP contribution in [-0.4, -0.2) is 55.7 Å². The van der Waals surface area contributed by atoms with Gasteiger partial charge in [0, 0.05) is 24.1 Å². The average molecular weight is 467 g/mol. The lowest BCUT2D eigenvalue weighted by atomic mass is 10.0. The normalized spacial score (nSPS) is 11.6. The minimum Gasteiger partial charge on any atom is -0.301 e. The Morgan fingerprint density at radius 2 is 1.67 bits per heavy atom. The SMILES string of the molecule is CN(CCN(C)Cc1cccc2ccccc12)CC(=O)N/N=C/c1ccc(Br)cc1. The molecule has 0 saturated heterocycles. The summed E-state index contributed by atoms with van der Waals surface area (Å²) in [5, 5.41) is 6.59. The van der Waals surface area contributed by atoms with Gasteiger partial charge in [0.15, 0.2) is 0 Å². The molecule has 6 heteroatoms. The summed E-state index contributed by atoms with van der Waals surface area (Å²) in [7, 11) is 4.06. The standard InChI is InChI=1S/C24H27BrN4O/c1-28(17-21-8-5-7-20-6-3-4-9-23(20)21)14-15-29(2)18-24(30)27-26-16-19-10-12-22(25)13-11-19/h3-13,16H,14-15,17-18H2,1-2H3,(H,27,30)/b26-16+. The Morgan fingerprint density at radius 3 is 2.47 bits per heavy atom. The summed E-state index contributed by atoms with van der Waals surface area (Å²) < 4.78 is 1.01. The van der Waals surface area contributed by atoms with E-state index in [4.69, 9.17) is 0 Å². The van der Waals surface area contributed by atoms with E-state index in [2.05, 4.69) is 80.9 Å². The lowest BCUT2D eigenvalue weighted by molar-refractivity contribution is -0.121. The second-order valence-corrected chi connectivity index (χ2v) is 8.37. The molecule has 0 fully saturated rings. The van der Waals surface area contributed by atoms with Gasteiger partial charge in [-0.05, 0) is 48.1 Å². The summed E-state index contributed by atoms with van der Waals surface area (Å²) in [6.45, 7) is 2.85. The number of carbonyl (C=O) groups is 1. The summed E-state index contributed by atoms with van der Waals surface area (Å²) in [4.78, 5) is 16.4. The van der Waals surface area contributed by atoms with E-state index >= 15 is 0 Å². The minimum atomic E-state index is -0.123. The first-order valence-electron chi connectivity index (χ1n) is 9.92. The second-order valence-electron chi connectivity index (χ2n) is 7.46. The number of likely N-dealkylation sites (N-methyl/N-ethyl adjacent to an activating group) is 2. The van der Waals surface area contributed by atoms with E-state index in [1.54, 1.807) is 6.21 Å². The molecule has 0 aromatic heterocycles. The van der Waals surface area contributed by atoms with Crippen molar-refractivity contribution in [1.29, 1.82) is 0 Å². The third-order valence-electron chi connectivity index (χ3n) is 4.87. The zero-order valence-electron chi connectivity index (χ0n) is 17.4. The van der Waals surface area contributed by atoms with Gasteiger partial charge in [-0.2, -0.15) is 5.10 Å². The van der Waals surface area contributed by atoms with Crippen molar-refractivity contribution in [3.63, 3.8) is 0 Å². The van der Waals surface area contributed by atoms with E-state index in [0.717, 1.165) is 29.7 Å². The fourth-order valence-corrected chi connectivity index (χ4v) is 3.49. The summed E-state index contributed by atoms with van der Waals surface area (Å²) >= 11 is 3.39. The zero-order valence-corrected chi connectivity index (χ0v) is 19.0. The highest BCUT2D eigenvalue weighted by Gasteiger charge is 2.08. The molecule has 30 heavy (non-hydrogen) atoms. The van der Waals surface area contributed by atoms with Gasteiger partial charge in [-0.1, -0.05) is 70.5 Å². The summed E-state index contributed by atoms with van der Waals surface area (Å²) in [5.41, 5.74) is 4.84. The fourth-order valence-electron chi connectivity index (χ4n) is 3.23. The first-order valence-corrected chi connectivity index (χ1v) is 10.7. The molecule has 0 aliphatic rings. The summed E-state index contributed by atoms with van der Waals surface area (Å²) in [6, 6.07) is 22.6. The Bertz CT molecular complexity index is 998. The fraction of sp³-hybridized carbons (Fsp3) is 0.250. The van der Waals surface area contributed by atoms with Crippen LogP contribution in [0.15, 0.2) is 76.3 Å². The van der Waals surface area contributed by atoms with Gasteiger partial charge in [-0.3, -0.25) is 9.69 Å². The number of halogens is 1. The molecule has 3 aromatic rings. The third-order valence-corrected chi connectivity index (χ3v) is 5.40. The van der Waals surface area contributed by atoms with Gasteiger partial charge in [-0.15, -0.1) is 0 Å². The molecule has 0 bridgehead atoms. The number of hydrazone groups is 1. The Labute approximate surface area is 186 Å². The van der Waals surface area contributed by atoms with Crippen molar-refractivity contribution in [3.05, 3.63) is 82.3 Å². The molecule has 0 aliphatic carbocycles. The van der Waals surface area contributed by atoms with Gasteiger partial charge in [0.05, 0.1) is 12.8 Å². The maximum absolute atomic E-state index is 12.1. The Balaban J connectivity index is 1.41. The van der Waals surface area contributed by atoms with Crippen molar-refractivity contribution < 1.29 is 4.79 Å². The Kier molecular flexibility index (Phi) is 8.13. The van der Waals surface area contributed by atoms with Crippen molar-refractivity contribution in [2.45, 2.75) is 6.54 Å². The molecular formula is C24H27BrN4O. The van der Waals surface area contributed by atoms with Gasteiger partial charge in [0.25, 0.3) is 5.91 Å². The number of nitrogens with one attached hydrogen (secondary N) is 1. The number of carbonyl (C=O) groups excluding carboxylic acids is 1. The zero-order chi connectivity index (χ0) is 21.3. The van der Waals surface area contributed by atoms with Crippen LogP contribution in [0.4, 0.5) is 0 Å². The molecule has 156 valence electrons. The molecule has 1 N–H and O–H groups in total. The van der Waals surface area contributed by atoms with E-state index in [0.29, 0.717) is 6.54 Å². The first-order chi connectivity index (χ1) is 14.5. The highest BCUT2D eigenvalue weighted by atomic mass is 79.9. The molecule has 0 heterocycles. The van der Waals surface area contributed by atoms with Crippen molar-refractivity contribution in [1.82, 2.24) is 15.2 Å². The minimum absolute atomic E-state index is 0.123. The van der Waals surface area contributed by atoms with Crippen LogP contribution >= 0.6 is 15.9 Å². The quantitative estimate of drug-likeness (QED) is 0.381. The van der Waals surface area contributed by atoms with Crippen molar-refractivity contribution >= 4 is 38.8 Å². The van der Waals surface area contributed by atoms with E-state index in [1.807, 2.05) is 36.2 Å². The molecule has 3 aromatic carbocycles. The van der Waals surface area contributed by atoms with Crippen LogP contribution in [0.1, 0.15) is 11.1 Å². The molecule has 3 rings (SSSR count). The average Bonchev–Trinajstić information content (AvgIpc) is 2.74. The molecule has 5 nitrogen and oxygen atoms in total. The van der Waals surface area contributed by atoms with Gasteiger partial charge in [-0.25, -0.2) is 5.43 Å². The van der Waals surface area contributed by atoms with Crippen LogP contribution in [0.25, 0.3) is 10.8 Å². The van der Waals surface area contributed by atoms with Gasteiger partial charge in [0.2, 0.25) is 0 Å². The second kappa shape index (κ2) is 11.0. The largest absolute Gasteiger partial charge is 0.301 e. The molecule has 0 aliphatic heterocycles. The summed E-state index contributed by atoms with van der Waals surface area (Å²) in [5.74, 6) is -0.123. The predicted molar refractivity (Wildman–Crippen MR) is 128 cm³/mol. The molecule has 0 radical (unpaired) electrons. The Hall–Kier alpha value is -2.54. The van der Waals surface area contributed by atoms with Crippen LogP contribution in [0, 0.1) is 0 Å². The monoisotopic (exact) mass is 466 g/mol. The highest BCUT2D eigenvalue weighted by molar-refractivity contribution is 9.10.